The standard InChI is InChI=1S/C11H8F3N3O2/c1-6-4-8(10(18)19)17(16-6)9-3-2-7(5-15-9)11(12,13)14/h2-5H,1H3,(H,18,19). The number of rotatable bonds is 2. The van der Waals surface area contributed by atoms with Crippen LogP contribution in [0.25, 0.3) is 5.82 Å². The molecule has 0 bridgehead atoms. The lowest BCUT2D eigenvalue weighted by Gasteiger charge is -2.07. The number of nitrogens with zero attached hydrogens (tertiary/aromatic N) is 3. The van der Waals surface area contributed by atoms with Gasteiger partial charge in [-0.25, -0.2) is 14.5 Å². The second-order valence-corrected chi connectivity index (χ2v) is 3.79. The van der Waals surface area contributed by atoms with E-state index in [1.165, 1.54) is 6.07 Å². The number of alkyl halides is 3. The van der Waals surface area contributed by atoms with E-state index >= 15 is 0 Å². The number of hydrogen-bond donors (Lipinski definition) is 1. The van der Waals surface area contributed by atoms with Crippen LogP contribution in [0.5, 0.6) is 0 Å². The maximum atomic E-state index is 12.4. The van der Waals surface area contributed by atoms with Gasteiger partial charge in [0.1, 0.15) is 0 Å². The lowest BCUT2D eigenvalue weighted by Crippen LogP contribution is -2.11. The van der Waals surface area contributed by atoms with Crippen molar-refractivity contribution in [2.24, 2.45) is 0 Å². The van der Waals surface area contributed by atoms with E-state index in [9.17, 15) is 18.0 Å². The van der Waals surface area contributed by atoms with E-state index in [4.69, 9.17) is 5.11 Å². The molecular formula is C11H8F3N3O2. The Labute approximate surface area is 105 Å². The Morgan fingerprint density at radius 1 is 1.37 bits per heavy atom. The molecule has 0 radical (unpaired) electrons. The van der Waals surface area contributed by atoms with Crippen molar-refractivity contribution >= 4 is 5.97 Å². The molecule has 2 heterocycles. The van der Waals surface area contributed by atoms with Crippen molar-refractivity contribution in [3.05, 3.63) is 41.3 Å². The van der Waals surface area contributed by atoms with E-state index < -0.39 is 17.7 Å². The molecule has 0 unspecified atom stereocenters. The second kappa shape index (κ2) is 4.38. The minimum absolute atomic E-state index is 0.0125. The van der Waals surface area contributed by atoms with Crippen molar-refractivity contribution in [1.29, 1.82) is 0 Å². The van der Waals surface area contributed by atoms with Gasteiger partial charge in [-0.15, -0.1) is 0 Å². The van der Waals surface area contributed by atoms with E-state index in [0.717, 1.165) is 16.8 Å². The summed E-state index contributed by atoms with van der Waals surface area (Å²) in [5.41, 5.74) is -0.638. The number of aryl methyl sites for hydroxylation is 1. The van der Waals surface area contributed by atoms with Crippen molar-refractivity contribution in [3.63, 3.8) is 0 Å². The highest BCUT2D eigenvalue weighted by Crippen LogP contribution is 2.28. The predicted octanol–water partition coefficient (Wildman–Crippen LogP) is 2.29. The third-order valence-electron chi connectivity index (χ3n) is 2.34. The smallest absolute Gasteiger partial charge is 0.417 e. The van der Waals surface area contributed by atoms with Gasteiger partial charge in [-0.3, -0.25) is 0 Å². The first-order valence-corrected chi connectivity index (χ1v) is 5.12. The van der Waals surface area contributed by atoms with Crippen LogP contribution in [0.4, 0.5) is 13.2 Å². The molecule has 2 rings (SSSR count). The molecule has 0 saturated heterocycles. The lowest BCUT2D eigenvalue weighted by molar-refractivity contribution is -0.137. The summed E-state index contributed by atoms with van der Waals surface area (Å²) in [5.74, 6) is -1.22. The van der Waals surface area contributed by atoms with Crippen LogP contribution in [0.1, 0.15) is 21.7 Å². The van der Waals surface area contributed by atoms with E-state index in [0.29, 0.717) is 11.9 Å². The van der Waals surface area contributed by atoms with Crippen molar-refractivity contribution in [2.45, 2.75) is 13.1 Å². The molecule has 0 fully saturated rings. The monoisotopic (exact) mass is 271 g/mol. The molecule has 0 aliphatic heterocycles. The minimum atomic E-state index is -4.48. The second-order valence-electron chi connectivity index (χ2n) is 3.79. The number of pyridine rings is 1. The molecule has 19 heavy (non-hydrogen) atoms. The zero-order valence-corrected chi connectivity index (χ0v) is 9.64. The lowest BCUT2D eigenvalue weighted by atomic mass is 10.3. The fourth-order valence-electron chi connectivity index (χ4n) is 1.51. The first kappa shape index (κ1) is 13.1. The van der Waals surface area contributed by atoms with Crippen molar-refractivity contribution in [1.82, 2.24) is 14.8 Å². The number of aromatic nitrogens is 3. The number of halogens is 3. The van der Waals surface area contributed by atoms with Gasteiger partial charge in [-0.2, -0.15) is 18.3 Å². The summed E-state index contributed by atoms with van der Waals surface area (Å²) in [6.45, 7) is 1.58. The zero-order chi connectivity index (χ0) is 14.2. The summed E-state index contributed by atoms with van der Waals surface area (Å²) in [7, 11) is 0. The quantitative estimate of drug-likeness (QED) is 0.909. The fraction of sp³-hybridized carbons (Fsp3) is 0.182. The number of carboxylic acid groups (broad SMARTS) is 1. The van der Waals surface area contributed by atoms with E-state index in [2.05, 4.69) is 10.1 Å². The Morgan fingerprint density at radius 2 is 2.05 bits per heavy atom. The van der Waals surface area contributed by atoms with Gasteiger partial charge >= 0.3 is 12.1 Å². The molecule has 100 valence electrons. The topological polar surface area (TPSA) is 68.0 Å². The molecule has 0 aliphatic rings. The molecule has 0 spiro atoms. The third-order valence-corrected chi connectivity index (χ3v) is 2.34. The van der Waals surface area contributed by atoms with E-state index in [1.807, 2.05) is 0 Å². The van der Waals surface area contributed by atoms with Gasteiger partial charge < -0.3 is 5.11 Å². The minimum Gasteiger partial charge on any atom is -0.477 e. The van der Waals surface area contributed by atoms with Gasteiger partial charge in [0.25, 0.3) is 0 Å². The van der Waals surface area contributed by atoms with Crippen LogP contribution in [0.2, 0.25) is 0 Å². The van der Waals surface area contributed by atoms with Gasteiger partial charge in [-0.1, -0.05) is 0 Å². The Hall–Kier alpha value is -2.38. The molecule has 0 aromatic carbocycles. The summed E-state index contributed by atoms with van der Waals surface area (Å²) in [5, 5.41) is 12.8. The van der Waals surface area contributed by atoms with E-state index in [1.54, 1.807) is 6.92 Å². The number of hydrogen-bond acceptors (Lipinski definition) is 3. The molecule has 0 saturated carbocycles. The largest absolute Gasteiger partial charge is 0.477 e. The number of aromatic carboxylic acids is 1. The molecule has 0 amide bonds. The Morgan fingerprint density at radius 3 is 2.53 bits per heavy atom. The molecular weight excluding hydrogens is 263 g/mol. The molecule has 1 N–H and O–H groups in total. The normalized spacial score (nSPS) is 11.6. The first-order valence-electron chi connectivity index (χ1n) is 5.12. The van der Waals surface area contributed by atoms with Crippen LogP contribution in [-0.2, 0) is 6.18 Å². The Kier molecular flexibility index (Phi) is 3.01. The Bertz CT molecular complexity index is 617. The van der Waals surface area contributed by atoms with Crippen LogP contribution in [0.15, 0.2) is 24.4 Å². The predicted molar refractivity (Wildman–Crippen MR) is 58.1 cm³/mol. The first-order chi connectivity index (χ1) is 8.79. The molecule has 0 atom stereocenters. The highest BCUT2D eigenvalue weighted by Gasteiger charge is 2.30. The van der Waals surface area contributed by atoms with Crippen molar-refractivity contribution in [3.8, 4) is 5.82 Å². The van der Waals surface area contributed by atoms with E-state index in [-0.39, 0.29) is 11.5 Å². The van der Waals surface area contributed by atoms with Gasteiger partial charge in [0.15, 0.2) is 11.5 Å². The summed E-state index contributed by atoms with van der Waals surface area (Å²) in [6, 6.07) is 3.20. The molecule has 8 heteroatoms. The molecule has 2 aromatic rings. The summed E-state index contributed by atoms with van der Waals surface area (Å²) >= 11 is 0. The maximum absolute atomic E-state index is 12.4. The summed E-state index contributed by atoms with van der Waals surface area (Å²) in [4.78, 5) is 14.6. The van der Waals surface area contributed by atoms with Crippen molar-refractivity contribution in [2.75, 3.05) is 0 Å². The van der Waals surface area contributed by atoms with Gasteiger partial charge in [-0.05, 0) is 25.1 Å². The van der Waals surface area contributed by atoms with Crippen LogP contribution >= 0.6 is 0 Å². The number of carbonyl (C=O) groups is 1. The van der Waals surface area contributed by atoms with Crippen LogP contribution in [-0.4, -0.2) is 25.8 Å². The van der Waals surface area contributed by atoms with Crippen LogP contribution in [0, 0.1) is 6.92 Å². The average Bonchev–Trinajstić information content (AvgIpc) is 2.70. The third kappa shape index (κ3) is 2.56. The highest BCUT2D eigenvalue weighted by atomic mass is 19.4. The highest BCUT2D eigenvalue weighted by molar-refractivity contribution is 5.86. The SMILES string of the molecule is Cc1cc(C(=O)O)n(-c2ccc(C(F)(F)F)cn2)n1. The van der Waals surface area contributed by atoms with Crippen LogP contribution < -0.4 is 0 Å². The fourth-order valence-corrected chi connectivity index (χ4v) is 1.51. The Balaban J connectivity index is 2.46. The molecule has 0 aliphatic carbocycles. The van der Waals surface area contributed by atoms with Gasteiger partial charge in [0.2, 0.25) is 0 Å². The number of carboxylic acids is 1. The molecule has 5 nitrogen and oxygen atoms in total. The van der Waals surface area contributed by atoms with Gasteiger partial charge in [0, 0.05) is 6.20 Å². The summed E-state index contributed by atoms with van der Waals surface area (Å²) in [6.07, 6.45) is -3.85. The maximum Gasteiger partial charge on any atom is 0.417 e. The zero-order valence-electron chi connectivity index (χ0n) is 9.64. The van der Waals surface area contributed by atoms with Crippen molar-refractivity contribution < 1.29 is 23.1 Å². The average molecular weight is 271 g/mol. The summed E-state index contributed by atoms with van der Waals surface area (Å²) < 4.78 is 38.1. The van der Waals surface area contributed by atoms with Crippen LogP contribution in [0.3, 0.4) is 0 Å². The van der Waals surface area contributed by atoms with Gasteiger partial charge in [0.05, 0.1) is 11.3 Å². The molecule has 2 aromatic heterocycles.